The van der Waals surface area contributed by atoms with Gasteiger partial charge in [0.2, 0.25) is 0 Å². The van der Waals surface area contributed by atoms with Crippen molar-refractivity contribution in [1.29, 1.82) is 0 Å². The summed E-state index contributed by atoms with van der Waals surface area (Å²) in [5.74, 6) is 1.13. The molecular weight excluding hydrogens is 310 g/mol. The minimum atomic E-state index is -0.550. The molecule has 5 heteroatoms. The summed E-state index contributed by atoms with van der Waals surface area (Å²) in [5, 5.41) is 2.63. The zero-order chi connectivity index (χ0) is 13.7. The molecule has 0 aliphatic carbocycles. The number of amides is 1. The van der Waals surface area contributed by atoms with Gasteiger partial charge in [0.05, 0.1) is 7.11 Å². The summed E-state index contributed by atoms with van der Waals surface area (Å²) >= 11 is 3.34. The summed E-state index contributed by atoms with van der Waals surface area (Å²) < 4.78 is 11.0. The van der Waals surface area contributed by atoms with Crippen LogP contribution in [0.2, 0.25) is 0 Å². The third kappa shape index (κ3) is 3.99. The highest BCUT2D eigenvalue weighted by Gasteiger charge is 2.06. The van der Waals surface area contributed by atoms with Gasteiger partial charge in [-0.2, -0.15) is 0 Å². The molecule has 2 rings (SSSR count). The second-order valence-corrected chi connectivity index (χ2v) is 4.62. The molecule has 4 nitrogen and oxygen atoms in total. The van der Waals surface area contributed by atoms with Crippen LogP contribution >= 0.6 is 15.9 Å². The van der Waals surface area contributed by atoms with Crippen molar-refractivity contribution in [2.24, 2.45) is 0 Å². The zero-order valence-electron chi connectivity index (χ0n) is 10.2. The van der Waals surface area contributed by atoms with Crippen LogP contribution in [0.3, 0.4) is 0 Å². The number of para-hydroxylation sites is 1. The van der Waals surface area contributed by atoms with Gasteiger partial charge in [0.15, 0.2) is 0 Å². The second kappa shape index (κ2) is 6.24. The Morgan fingerprint density at radius 2 is 1.84 bits per heavy atom. The first-order valence-electron chi connectivity index (χ1n) is 5.56. The van der Waals surface area contributed by atoms with Gasteiger partial charge in [-0.1, -0.05) is 34.1 Å². The molecule has 0 saturated heterocycles. The van der Waals surface area contributed by atoms with Gasteiger partial charge in [0.25, 0.3) is 0 Å². The Morgan fingerprint density at radius 1 is 1.11 bits per heavy atom. The van der Waals surface area contributed by atoms with Crippen molar-refractivity contribution in [3.63, 3.8) is 0 Å². The van der Waals surface area contributed by atoms with E-state index in [0.717, 1.165) is 4.47 Å². The van der Waals surface area contributed by atoms with Crippen molar-refractivity contribution < 1.29 is 14.3 Å². The Bertz CT molecular complexity index is 572. The molecule has 0 bridgehead atoms. The van der Waals surface area contributed by atoms with Gasteiger partial charge in [0.1, 0.15) is 11.5 Å². The summed E-state index contributed by atoms with van der Waals surface area (Å²) in [4.78, 5) is 11.7. The highest BCUT2D eigenvalue weighted by atomic mass is 79.9. The van der Waals surface area contributed by atoms with Gasteiger partial charge in [-0.3, -0.25) is 5.32 Å². The van der Waals surface area contributed by atoms with E-state index < -0.39 is 6.09 Å². The number of methoxy groups -OCH3 is 1. The number of anilines is 1. The lowest BCUT2D eigenvalue weighted by atomic mass is 10.3. The van der Waals surface area contributed by atoms with Crippen LogP contribution in [-0.4, -0.2) is 13.2 Å². The Morgan fingerprint density at radius 3 is 2.53 bits per heavy atom. The Kier molecular flexibility index (Phi) is 4.41. The number of benzene rings is 2. The van der Waals surface area contributed by atoms with Crippen LogP contribution in [0.25, 0.3) is 0 Å². The Labute approximate surface area is 119 Å². The molecular formula is C14H12BrNO3. The van der Waals surface area contributed by atoms with Crippen molar-refractivity contribution in [3.05, 3.63) is 53.0 Å². The minimum absolute atomic E-state index is 0.488. The molecule has 0 radical (unpaired) electrons. The molecule has 0 heterocycles. The summed E-state index contributed by atoms with van der Waals surface area (Å²) in [7, 11) is 1.56. The number of halogens is 1. The van der Waals surface area contributed by atoms with E-state index in [2.05, 4.69) is 21.2 Å². The van der Waals surface area contributed by atoms with E-state index in [9.17, 15) is 4.79 Å². The quantitative estimate of drug-likeness (QED) is 0.927. The molecule has 0 unspecified atom stereocenters. The standard InChI is InChI=1S/C14H12BrNO3/c1-18-13-8-10(15)7-11(9-13)16-14(17)19-12-5-3-2-4-6-12/h2-9H,1H3,(H,16,17). The highest BCUT2D eigenvalue weighted by molar-refractivity contribution is 9.10. The number of hydrogen-bond donors (Lipinski definition) is 1. The number of carbonyl (C=O) groups excluding carboxylic acids is 1. The average Bonchev–Trinajstić information content (AvgIpc) is 2.38. The number of ether oxygens (including phenoxy) is 2. The van der Waals surface area contributed by atoms with Gasteiger partial charge in [-0.25, -0.2) is 4.79 Å². The summed E-state index contributed by atoms with van der Waals surface area (Å²) in [6, 6.07) is 14.1. The van der Waals surface area contributed by atoms with Crippen molar-refractivity contribution in [3.8, 4) is 11.5 Å². The lowest BCUT2D eigenvalue weighted by molar-refractivity contribution is 0.215. The largest absolute Gasteiger partial charge is 0.497 e. The third-order valence-corrected chi connectivity index (χ3v) is 2.76. The first kappa shape index (κ1) is 13.4. The van der Waals surface area contributed by atoms with Gasteiger partial charge in [0, 0.05) is 16.2 Å². The number of hydrogen-bond acceptors (Lipinski definition) is 3. The van der Waals surface area contributed by atoms with Gasteiger partial charge >= 0.3 is 6.09 Å². The maximum Gasteiger partial charge on any atom is 0.417 e. The zero-order valence-corrected chi connectivity index (χ0v) is 11.8. The Balaban J connectivity index is 2.05. The predicted molar refractivity (Wildman–Crippen MR) is 76.8 cm³/mol. The second-order valence-electron chi connectivity index (χ2n) is 3.71. The van der Waals surface area contributed by atoms with Crippen molar-refractivity contribution >= 4 is 27.7 Å². The predicted octanol–water partition coefficient (Wildman–Crippen LogP) is 4.07. The highest BCUT2D eigenvalue weighted by Crippen LogP contribution is 2.24. The molecule has 2 aromatic rings. The molecule has 0 fully saturated rings. The van der Waals surface area contributed by atoms with Crippen LogP contribution in [0.1, 0.15) is 0 Å². The number of nitrogens with one attached hydrogen (secondary N) is 1. The van der Waals surface area contributed by atoms with E-state index >= 15 is 0 Å². The fourth-order valence-corrected chi connectivity index (χ4v) is 1.96. The molecule has 0 atom stereocenters. The molecule has 2 aromatic carbocycles. The fraction of sp³-hybridized carbons (Fsp3) is 0.0714. The minimum Gasteiger partial charge on any atom is -0.497 e. The molecule has 0 spiro atoms. The maximum absolute atomic E-state index is 11.7. The third-order valence-electron chi connectivity index (χ3n) is 2.31. The normalized spacial score (nSPS) is 9.79. The van der Waals surface area contributed by atoms with E-state index in [-0.39, 0.29) is 0 Å². The lowest BCUT2D eigenvalue weighted by Gasteiger charge is -2.08. The molecule has 0 aliphatic rings. The first-order valence-corrected chi connectivity index (χ1v) is 6.35. The molecule has 1 amide bonds. The molecule has 1 N–H and O–H groups in total. The summed E-state index contributed by atoms with van der Waals surface area (Å²) in [6.45, 7) is 0. The van der Waals surface area contributed by atoms with Crippen LogP contribution in [0.5, 0.6) is 11.5 Å². The molecule has 19 heavy (non-hydrogen) atoms. The van der Waals surface area contributed by atoms with Crippen LogP contribution < -0.4 is 14.8 Å². The Hall–Kier alpha value is -2.01. The van der Waals surface area contributed by atoms with Crippen molar-refractivity contribution in [2.75, 3.05) is 12.4 Å². The van der Waals surface area contributed by atoms with Gasteiger partial charge in [-0.15, -0.1) is 0 Å². The molecule has 98 valence electrons. The van der Waals surface area contributed by atoms with Crippen LogP contribution in [0.4, 0.5) is 10.5 Å². The van der Waals surface area contributed by atoms with Crippen LogP contribution in [0.15, 0.2) is 53.0 Å². The maximum atomic E-state index is 11.7. The SMILES string of the molecule is COc1cc(Br)cc(NC(=O)Oc2ccccc2)c1. The lowest BCUT2D eigenvalue weighted by Crippen LogP contribution is -2.16. The van der Waals surface area contributed by atoms with E-state index in [1.165, 1.54) is 0 Å². The van der Waals surface area contributed by atoms with Gasteiger partial charge in [-0.05, 0) is 24.3 Å². The van der Waals surface area contributed by atoms with E-state index in [1.54, 1.807) is 49.6 Å². The first-order chi connectivity index (χ1) is 9.17. The van der Waals surface area contributed by atoms with E-state index in [0.29, 0.717) is 17.2 Å². The monoisotopic (exact) mass is 321 g/mol. The van der Waals surface area contributed by atoms with Crippen LogP contribution in [0, 0.1) is 0 Å². The van der Waals surface area contributed by atoms with Crippen LogP contribution in [-0.2, 0) is 0 Å². The van der Waals surface area contributed by atoms with Crippen molar-refractivity contribution in [2.45, 2.75) is 0 Å². The van der Waals surface area contributed by atoms with E-state index in [4.69, 9.17) is 9.47 Å². The molecule has 0 aliphatic heterocycles. The van der Waals surface area contributed by atoms with E-state index in [1.807, 2.05) is 6.07 Å². The smallest absolute Gasteiger partial charge is 0.417 e. The van der Waals surface area contributed by atoms with Gasteiger partial charge < -0.3 is 9.47 Å². The fourth-order valence-electron chi connectivity index (χ4n) is 1.49. The average molecular weight is 322 g/mol. The topological polar surface area (TPSA) is 47.6 Å². The summed E-state index contributed by atoms with van der Waals surface area (Å²) in [6.07, 6.45) is -0.550. The van der Waals surface area contributed by atoms with Crippen molar-refractivity contribution in [1.82, 2.24) is 0 Å². The summed E-state index contributed by atoms with van der Waals surface area (Å²) in [5.41, 5.74) is 0.590. The number of carbonyl (C=O) groups is 1. The number of rotatable bonds is 3. The molecule has 0 aromatic heterocycles. The molecule has 0 saturated carbocycles.